The first-order valence-corrected chi connectivity index (χ1v) is 8.59. The van der Waals surface area contributed by atoms with Crippen LogP contribution in [0.15, 0.2) is 24.3 Å². The van der Waals surface area contributed by atoms with Crippen molar-refractivity contribution in [2.24, 2.45) is 5.73 Å². The fourth-order valence-corrected chi connectivity index (χ4v) is 3.87. The predicted octanol–water partition coefficient (Wildman–Crippen LogP) is 2.07. The minimum Gasteiger partial charge on any atom is -0.330 e. The summed E-state index contributed by atoms with van der Waals surface area (Å²) < 4.78 is 0. The standard InChI is InChI=1S/C18H29N3/c19-9-4-10-20-11-13-21(14-12-20)15-17-7-3-6-16-5-1-2-8-18(16)17/h1-2,5,8,17H,3-4,6-7,9-15,19H2. The molecular weight excluding hydrogens is 258 g/mol. The number of benzene rings is 1. The number of rotatable bonds is 5. The summed E-state index contributed by atoms with van der Waals surface area (Å²) in [6.45, 7) is 8.13. The van der Waals surface area contributed by atoms with Gasteiger partial charge in [-0.15, -0.1) is 0 Å². The molecule has 3 heteroatoms. The molecule has 1 aromatic rings. The molecule has 0 amide bonds. The molecule has 1 aliphatic carbocycles. The predicted molar refractivity (Wildman–Crippen MR) is 88.7 cm³/mol. The van der Waals surface area contributed by atoms with Crippen LogP contribution in [0.4, 0.5) is 0 Å². The molecule has 1 saturated heterocycles. The van der Waals surface area contributed by atoms with E-state index in [1.807, 2.05) is 0 Å². The quantitative estimate of drug-likeness (QED) is 0.900. The Balaban J connectivity index is 1.52. The molecule has 0 radical (unpaired) electrons. The molecule has 0 spiro atoms. The Morgan fingerprint density at radius 1 is 1.05 bits per heavy atom. The van der Waals surface area contributed by atoms with Gasteiger partial charge in [-0.25, -0.2) is 0 Å². The number of hydrogen-bond donors (Lipinski definition) is 1. The second-order valence-corrected chi connectivity index (χ2v) is 6.57. The first kappa shape index (κ1) is 15.0. The van der Waals surface area contributed by atoms with Crippen molar-refractivity contribution < 1.29 is 0 Å². The molecule has 1 heterocycles. The van der Waals surface area contributed by atoms with E-state index in [1.54, 1.807) is 11.1 Å². The van der Waals surface area contributed by atoms with Crippen LogP contribution in [0.3, 0.4) is 0 Å². The zero-order valence-electron chi connectivity index (χ0n) is 13.1. The summed E-state index contributed by atoms with van der Waals surface area (Å²) in [6.07, 6.45) is 5.14. The zero-order valence-corrected chi connectivity index (χ0v) is 13.1. The van der Waals surface area contributed by atoms with E-state index in [9.17, 15) is 0 Å². The van der Waals surface area contributed by atoms with Crippen LogP contribution in [-0.2, 0) is 6.42 Å². The summed E-state index contributed by atoms with van der Waals surface area (Å²) in [5.41, 5.74) is 8.82. The van der Waals surface area contributed by atoms with E-state index in [0.717, 1.165) is 18.9 Å². The fraction of sp³-hybridized carbons (Fsp3) is 0.667. The van der Waals surface area contributed by atoms with Crippen LogP contribution >= 0.6 is 0 Å². The van der Waals surface area contributed by atoms with Gasteiger partial charge in [0, 0.05) is 32.7 Å². The molecule has 116 valence electrons. The summed E-state index contributed by atoms with van der Waals surface area (Å²) in [4.78, 5) is 5.24. The van der Waals surface area contributed by atoms with E-state index in [-0.39, 0.29) is 0 Å². The lowest BCUT2D eigenvalue weighted by Gasteiger charge is -2.37. The molecule has 2 aliphatic rings. The Labute approximate surface area is 129 Å². The highest BCUT2D eigenvalue weighted by atomic mass is 15.3. The van der Waals surface area contributed by atoms with Crippen LogP contribution in [0.5, 0.6) is 0 Å². The van der Waals surface area contributed by atoms with Crippen molar-refractivity contribution in [1.82, 2.24) is 9.80 Å². The molecular formula is C18H29N3. The van der Waals surface area contributed by atoms with Crippen molar-refractivity contribution in [2.45, 2.75) is 31.6 Å². The highest BCUT2D eigenvalue weighted by molar-refractivity contribution is 5.32. The van der Waals surface area contributed by atoms with Gasteiger partial charge in [0.2, 0.25) is 0 Å². The molecule has 3 nitrogen and oxygen atoms in total. The van der Waals surface area contributed by atoms with Gasteiger partial charge in [-0.3, -0.25) is 0 Å². The van der Waals surface area contributed by atoms with Gasteiger partial charge in [0.15, 0.2) is 0 Å². The van der Waals surface area contributed by atoms with E-state index in [0.29, 0.717) is 0 Å². The van der Waals surface area contributed by atoms with E-state index < -0.39 is 0 Å². The Morgan fingerprint density at radius 3 is 2.62 bits per heavy atom. The van der Waals surface area contributed by atoms with Crippen LogP contribution in [0.25, 0.3) is 0 Å². The van der Waals surface area contributed by atoms with Crippen molar-refractivity contribution in [1.29, 1.82) is 0 Å². The zero-order chi connectivity index (χ0) is 14.5. The number of hydrogen-bond acceptors (Lipinski definition) is 3. The van der Waals surface area contributed by atoms with Crippen LogP contribution < -0.4 is 5.73 Å². The molecule has 0 aromatic heterocycles. The van der Waals surface area contributed by atoms with Gasteiger partial charge in [-0.2, -0.15) is 0 Å². The summed E-state index contributed by atoms with van der Waals surface area (Å²) in [7, 11) is 0. The van der Waals surface area contributed by atoms with Crippen molar-refractivity contribution in [3.63, 3.8) is 0 Å². The Morgan fingerprint density at radius 2 is 1.81 bits per heavy atom. The summed E-state index contributed by atoms with van der Waals surface area (Å²) in [6, 6.07) is 9.09. The van der Waals surface area contributed by atoms with E-state index in [2.05, 4.69) is 34.1 Å². The molecule has 1 aromatic carbocycles. The smallest absolute Gasteiger partial charge is 0.0110 e. The third-order valence-corrected chi connectivity index (χ3v) is 5.12. The van der Waals surface area contributed by atoms with Crippen molar-refractivity contribution in [3.8, 4) is 0 Å². The van der Waals surface area contributed by atoms with Gasteiger partial charge < -0.3 is 15.5 Å². The highest BCUT2D eigenvalue weighted by Crippen LogP contribution is 2.32. The SMILES string of the molecule is NCCCN1CCN(CC2CCCc3ccccc32)CC1. The van der Waals surface area contributed by atoms with Crippen LogP contribution in [0.1, 0.15) is 36.3 Å². The minimum absolute atomic E-state index is 0.755. The minimum atomic E-state index is 0.755. The molecule has 1 aliphatic heterocycles. The van der Waals surface area contributed by atoms with E-state index in [1.165, 1.54) is 58.5 Å². The largest absolute Gasteiger partial charge is 0.330 e. The average Bonchev–Trinajstić information content (AvgIpc) is 2.55. The normalized spacial score (nSPS) is 24.0. The molecule has 0 saturated carbocycles. The summed E-state index contributed by atoms with van der Waals surface area (Å²) in [5.74, 6) is 0.755. The second kappa shape index (κ2) is 7.39. The molecule has 1 fully saturated rings. The second-order valence-electron chi connectivity index (χ2n) is 6.57. The topological polar surface area (TPSA) is 32.5 Å². The number of nitrogens with zero attached hydrogens (tertiary/aromatic N) is 2. The molecule has 2 N–H and O–H groups in total. The third-order valence-electron chi connectivity index (χ3n) is 5.12. The fourth-order valence-electron chi connectivity index (χ4n) is 3.87. The van der Waals surface area contributed by atoms with Crippen molar-refractivity contribution in [2.75, 3.05) is 45.8 Å². The number of aryl methyl sites for hydroxylation is 1. The number of piperazine rings is 1. The summed E-state index contributed by atoms with van der Waals surface area (Å²) >= 11 is 0. The van der Waals surface area contributed by atoms with Gasteiger partial charge in [0.1, 0.15) is 0 Å². The van der Waals surface area contributed by atoms with Gasteiger partial charge in [0.25, 0.3) is 0 Å². The van der Waals surface area contributed by atoms with Crippen molar-refractivity contribution in [3.05, 3.63) is 35.4 Å². The number of fused-ring (bicyclic) bond motifs is 1. The monoisotopic (exact) mass is 287 g/mol. The molecule has 21 heavy (non-hydrogen) atoms. The van der Waals surface area contributed by atoms with Gasteiger partial charge in [-0.1, -0.05) is 24.3 Å². The van der Waals surface area contributed by atoms with Crippen LogP contribution in [0, 0.1) is 0 Å². The van der Waals surface area contributed by atoms with Crippen LogP contribution in [-0.4, -0.2) is 55.6 Å². The maximum atomic E-state index is 5.60. The highest BCUT2D eigenvalue weighted by Gasteiger charge is 2.24. The maximum absolute atomic E-state index is 5.60. The van der Waals surface area contributed by atoms with Gasteiger partial charge in [0.05, 0.1) is 0 Å². The van der Waals surface area contributed by atoms with E-state index in [4.69, 9.17) is 5.73 Å². The van der Waals surface area contributed by atoms with E-state index >= 15 is 0 Å². The lowest BCUT2D eigenvalue weighted by Crippen LogP contribution is -2.48. The molecule has 1 unspecified atom stereocenters. The Hall–Kier alpha value is -0.900. The first-order valence-electron chi connectivity index (χ1n) is 8.59. The number of nitrogens with two attached hydrogens (primary N) is 1. The average molecular weight is 287 g/mol. The maximum Gasteiger partial charge on any atom is 0.0110 e. The Kier molecular flexibility index (Phi) is 5.28. The lowest BCUT2D eigenvalue weighted by molar-refractivity contribution is 0.124. The van der Waals surface area contributed by atoms with Crippen LogP contribution in [0.2, 0.25) is 0 Å². The van der Waals surface area contributed by atoms with Gasteiger partial charge in [-0.05, 0) is 55.8 Å². The first-order chi connectivity index (χ1) is 10.4. The molecule has 1 atom stereocenters. The molecule has 0 bridgehead atoms. The lowest BCUT2D eigenvalue weighted by atomic mass is 9.82. The van der Waals surface area contributed by atoms with Gasteiger partial charge >= 0.3 is 0 Å². The Bertz CT molecular complexity index is 438. The van der Waals surface area contributed by atoms with Crippen molar-refractivity contribution >= 4 is 0 Å². The summed E-state index contributed by atoms with van der Waals surface area (Å²) in [5, 5.41) is 0. The third kappa shape index (κ3) is 3.85. The molecule has 3 rings (SSSR count).